The lowest BCUT2D eigenvalue weighted by Gasteiger charge is -2.22. The van der Waals surface area contributed by atoms with Crippen LogP contribution in [0.5, 0.6) is 0 Å². The van der Waals surface area contributed by atoms with Crippen molar-refractivity contribution in [1.29, 1.82) is 0 Å². The first-order chi connectivity index (χ1) is 10.8. The highest BCUT2D eigenvalue weighted by molar-refractivity contribution is 7.10. The predicted octanol–water partition coefficient (Wildman–Crippen LogP) is 3.73. The summed E-state index contributed by atoms with van der Waals surface area (Å²) in [4.78, 5) is 17.2. The van der Waals surface area contributed by atoms with Gasteiger partial charge in [-0.2, -0.15) is 0 Å². The van der Waals surface area contributed by atoms with Gasteiger partial charge in [-0.15, -0.1) is 22.7 Å². The van der Waals surface area contributed by atoms with Crippen molar-refractivity contribution in [3.05, 3.63) is 44.8 Å². The van der Waals surface area contributed by atoms with Crippen LogP contribution in [0.25, 0.3) is 0 Å². The highest BCUT2D eigenvalue weighted by atomic mass is 32.1. The van der Waals surface area contributed by atoms with E-state index in [1.165, 1.54) is 16.2 Å². The minimum absolute atomic E-state index is 0.286. The van der Waals surface area contributed by atoms with Gasteiger partial charge in [0.25, 0.3) is 0 Å². The number of hydrogen-bond acceptors (Lipinski definition) is 4. The number of hydrogen-bond donors (Lipinski definition) is 1. The van der Waals surface area contributed by atoms with Crippen molar-refractivity contribution < 1.29 is 4.79 Å². The van der Waals surface area contributed by atoms with Crippen LogP contribution < -0.4 is 5.32 Å². The van der Waals surface area contributed by atoms with E-state index in [1.807, 2.05) is 4.90 Å². The quantitative estimate of drug-likeness (QED) is 0.837. The Bertz CT molecular complexity index is 523. The molecule has 1 amide bonds. The summed E-state index contributed by atoms with van der Waals surface area (Å²) >= 11 is 3.45. The van der Waals surface area contributed by atoms with E-state index >= 15 is 0 Å². The molecule has 1 fully saturated rings. The number of rotatable bonds is 7. The van der Waals surface area contributed by atoms with Crippen LogP contribution in [0.3, 0.4) is 0 Å². The third kappa shape index (κ3) is 4.41. The SMILES string of the molecule is O=C(CCC1CCNC1)N(Cc1cccs1)Cc1cccs1. The van der Waals surface area contributed by atoms with E-state index in [0.717, 1.165) is 32.6 Å². The van der Waals surface area contributed by atoms with E-state index in [-0.39, 0.29) is 5.91 Å². The summed E-state index contributed by atoms with van der Waals surface area (Å²) in [7, 11) is 0. The zero-order valence-corrected chi connectivity index (χ0v) is 14.3. The first-order valence-electron chi connectivity index (χ1n) is 7.84. The lowest BCUT2D eigenvalue weighted by Crippen LogP contribution is -2.29. The molecular formula is C17H22N2OS2. The monoisotopic (exact) mass is 334 g/mol. The van der Waals surface area contributed by atoms with Gasteiger partial charge in [0, 0.05) is 16.2 Å². The van der Waals surface area contributed by atoms with Crippen LogP contribution in [-0.2, 0) is 17.9 Å². The number of nitrogens with zero attached hydrogens (tertiary/aromatic N) is 1. The van der Waals surface area contributed by atoms with Crippen LogP contribution in [-0.4, -0.2) is 23.9 Å². The molecule has 1 aliphatic heterocycles. The van der Waals surface area contributed by atoms with Gasteiger partial charge in [-0.25, -0.2) is 0 Å². The number of carbonyl (C=O) groups excluding carboxylic acids is 1. The topological polar surface area (TPSA) is 32.3 Å². The maximum atomic E-state index is 12.7. The Morgan fingerprint density at radius 1 is 1.18 bits per heavy atom. The van der Waals surface area contributed by atoms with Crippen molar-refractivity contribution in [2.45, 2.75) is 32.4 Å². The van der Waals surface area contributed by atoms with Gasteiger partial charge < -0.3 is 10.2 Å². The van der Waals surface area contributed by atoms with Crippen molar-refractivity contribution in [2.24, 2.45) is 5.92 Å². The van der Waals surface area contributed by atoms with Crippen molar-refractivity contribution in [3.8, 4) is 0 Å². The fourth-order valence-electron chi connectivity index (χ4n) is 2.86. The molecule has 0 spiro atoms. The van der Waals surface area contributed by atoms with Crippen LogP contribution in [0.15, 0.2) is 35.0 Å². The second kappa shape index (κ2) is 7.90. The summed E-state index contributed by atoms with van der Waals surface area (Å²) in [6.45, 7) is 3.64. The highest BCUT2D eigenvalue weighted by Gasteiger charge is 2.19. The normalized spacial score (nSPS) is 17.7. The largest absolute Gasteiger partial charge is 0.332 e. The maximum absolute atomic E-state index is 12.7. The molecule has 1 atom stereocenters. The molecule has 118 valence electrons. The fraction of sp³-hybridized carbons (Fsp3) is 0.471. The second-order valence-electron chi connectivity index (χ2n) is 5.81. The van der Waals surface area contributed by atoms with Crippen LogP contribution in [0.1, 0.15) is 29.0 Å². The third-order valence-electron chi connectivity index (χ3n) is 4.14. The van der Waals surface area contributed by atoms with E-state index in [2.05, 4.69) is 40.3 Å². The first-order valence-corrected chi connectivity index (χ1v) is 9.60. The second-order valence-corrected chi connectivity index (χ2v) is 7.87. The summed E-state index contributed by atoms with van der Waals surface area (Å²) in [6, 6.07) is 8.33. The Balaban J connectivity index is 1.59. The minimum atomic E-state index is 0.286. The fourth-order valence-corrected chi connectivity index (χ4v) is 4.30. The van der Waals surface area contributed by atoms with Gasteiger partial charge in [-0.3, -0.25) is 4.79 Å². The lowest BCUT2D eigenvalue weighted by molar-refractivity contribution is -0.132. The van der Waals surface area contributed by atoms with Gasteiger partial charge in [-0.05, 0) is 54.7 Å². The van der Waals surface area contributed by atoms with Gasteiger partial charge in [0.05, 0.1) is 13.1 Å². The van der Waals surface area contributed by atoms with Gasteiger partial charge in [0.2, 0.25) is 5.91 Å². The molecule has 1 saturated heterocycles. The standard InChI is InChI=1S/C17H22N2OS2/c20-17(6-5-14-7-8-18-11-14)19(12-15-3-1-9-21-15)13-16-4-2-10-22-16/h1-4,9-10,14,18H,5-8,11-13H2. The van der Waals surface area contributed by atoms with Crippen LogP contribution >= 0.6 is 22.7 Å². The van der Waals surface area contributed by atoms with Crippen molar-refractivity contribution >= 4 is 28.6 Å². The molecule has 1 N–H and O–H groups in total. The van der Waals surface area contributed by atoms with E-state index in [0.29, 0.717) is 12.3 Å². The molecule has 0 aromatic carbocycles. The maximum Gasteiger partial charge on any atom is 0.223 e. The molecule has 5 heteroatoms. The Labute approximate surface area is 140 Å². The molecule has 1 aliphatic rings. The Kier molecular flexibility index (Phi) is 5.64. The average molecular weight is 335 g/mol. The van der Waals surface area contributed by atoms with Crippen LogP contribution in [0, 0.1) is 5.92 Å². The molecule has 0 aliphatic carbocycles. The first kappa shape index (κ1) is 15.7. The van der Waals surface area contributed by atoms with Gasteiger partial charge in [-0.1, -0.05) is 12.1 Å². The van der Waals surface area contributed by atoms with Gasteiger partial charge >= 0.3 is 0 Å². The number of amides is 1. The van der Waals surface area contributed by atoms with Crippen molar-refractivity contribution in [3.63, 3.8) is 0 Å². The van der Waals surface area contributed by atoms with Crippen LogP contribution in [0.4, 0.5) is 0 Å². The third-order valence-corrected chi connectivity index (χ3v) is 5.86. The van der Waals surface area contributed by atoms with Gasteiger partial charge in [0.15, 0.2) is 0 Å². The van der Waals surface area contributed by atoms with E-state index in [4.69, 9.17) is 0 Å². The smallest absolute Gasteiger partial charge is 0.223 e. The number of carbonyl (C=O) groups is 1. The molecule has 0 radical (unpaired) electrons. The number of thiophene rings is 2. The summed E-state index contributed by atoms with van der Waals surface area (Å²) < 4.78 is 0. The molecule has 2 aromatic rings. The molecule has 2 aromatic heterocycles. The Morgan fingerprint density at radius 3 is 2.36 bits per heavy atom. The zero-order chi connectivity index (χ0) is 15.2. The molecule has 3 rings (SSSR count). The summed E-state index contributed by atoms with van der Waals surface area (Å²) in [5.41, 5.74) is 0. The van der Waals surface area contributed by atoms with Crippen molar-refractivity contribution in [2.75, 3.05) is 13.1 Å². The minimum Gasteiger partial charge on any atom is -0.332 e. The molecule has 0 bridgehead atoms. The highest BCUT2D eigenvalue weighted by Crippen LogP contribution is 2.20. The average Bonchev–Trinajstić information content (AvgIpc) is 3.27. The van der Waals surface area contributed by atoms with E-state index < -0.39 is 0 Å². The summed E-state index contributed by atoms with van der Waals surface area (Å²) in [5.74, 6) is 0.961. The zero-order valence-electron chi connectivity index (χ0n) is 12.7. The lowest BCUT2D eigenvalue weighted by atomic mass is 10.0. The Morgan fingerprint density at radius 2 is 1.86 bits per heavy atom. The molecule has 3 nitrogen and oxygen atoms in total. The predicted molar refractivity (Wildman–Crippen MR) is 93.1 cm³/mol. The molecule has 22 heavy (non-hydrogen) atoms. The molecule has 1 unspecified atom stereocenters. The summed E-state index contributed by atoms with van der Waals surface area (Å²) in [5, 5.41) is 7.53. The van der Waals surface area contributed by atoms with Gasteiger partial charge in [0.1, 0.15) is 0 Å². The van der Waals surface area contributed by atoms with Crippen LogP contribution in [0.2, 0.25) is 0 Å². The molecule has 0 saturated carbocycles. The molecule has 3 heterocycles. The molecular weight excluding hydrogens is 312 g/mol. The van der Waals surface area contributed by atoms with E-state index in [9.17, 15) is 4.79 Å². The van der Waals surface area contributed by atoms with E-state index in [1.54, 1.807) is 22.7 Å². The van der Waals surface area contributed by atoms with Crippen molar-refractivity contribution in [1.82, 2.24) is 10.2 Å². The number of nitrogens with one attached hydrogen (secondary N) is 1. The Hall–Kier alpha value is -1.17. The summed E-state index contributed by atoms with van der Waals surface area (Å²) in [6.07, 6.45) is 2.89.